The number of carbonyl (C=O) groups is 4. The van der Waals surface area contributed by atoms with Gasteiger partial charge < -0.3 is 14.8 Å². The summed E-state index contributed by atoms with van der Waals surface area (Å²) in [5.41, 5.74) is -2.93. The zero-order valence-electron chi connectivity index (χ0n) is 16.3. The SMILES string of the molecule is CC(C)(C)OC(=O)N[C@]12CCCN(C(=O)OC(C)(C)C)C1C(=O)CC2=O. The lowest BCUT2D eigenvalue weighted by molar-refractivity contribution is -0.126. The number of alkyl carbamates (subject to hydrolysis) is 1. The van der Waals surface area contributed by atoms with Gasteiger partial charge in [0, 0.05) is 6.54 Å². The number of nitrogens with zero attached hydrogens (tertiary/aromatic N) is 1. The molecule has 2 atom stereocenters. The van der Waals surface area contributed by atoms with Gasteiger partial charge in [0.15, 0.2) is 11.6 Å². The van der Waals surface area contributed by atoms with Gasteiger partial charge in [-0.2, -0.15) is 0 Å². The highest BCUT2D eigenvalue weighted by Gasteiger charge is 2.61. The van der Waals surface area contributed by atoms with Crippen LogP contribution in [-0.4, -0.2) is 58.0 Å². The van der Waals surface area contributed by atoms with E-state index in [-0.39, 0.29) is 19.4 Å². The van der Waals surface area contributed by atoms with Crippen LogP contribution in [-0.2, 0) is 19.1 Å². The molecule has 1 heterocycles. The van der Waals surface area contributed by atoms with Gasteiger partial charge in [-0.3, -0.25) is 14.5 Å². The second kappa shape index (κ2) is 6.55. The molecule has 0 bridgehead atoms. The smallest absolute Gasteiger partial charge is 0.411 e. The molecule has 0 aromatic heterocycles. The van der Waals surface area contributed by atoms with Crippen molar-refractivity contribution >= 4 is 23.8 Å². The molecule has 1 aliphatic heterocycles. The van der Waals surface area contributed by atoms with Gasteiger partial charge in [0.2, 0.25) is 0 Å². The Morgan fingerprint density at radius 1 is 1.08 bits per heavy atom. The summed E-state index contributed by atoms with van der Waals surface area (Å²) in [6.07, 6.45) is -1.03. The molecule has 2 amide bonds. The number of nitrogens with one attached hydrogen (secondary N) is 1. The fraction of sp³-hybridized carbons (Fsp3) is 0.778. The summed E-state index contributed by atoms with van der Waals surface area (Å²) in [5, 5.41) is 2.60. The molecular weight excluding hydrogens is 340 g/mol. The van der Waals surface area contributed by atoms with Crippen LogP contribution in [0.2, 0.25) is 0 Å². The number of carbonyl (C=O) groups excluding carboxylic acids is 4. The molecular formula is C18H28N2O6. The average Bonchev–Trinajstić information content (AvgIpc) is 2.66. The Kier molecular flexibility index (Phi) is 5.09. The zero-order chi connectivity index (χ0) is 19.9. The van der Waals surface area contributed by atoms with Crippen molar-refractivity contribution in [1.82, 2.24) is 10.2 Å². The maximum atomic E-state index is 12.6. The highest BCUT2D eigenvalue weighted by Crippen LogP contribution is 2.37. The molecule has 146 valence electrons. The van der Waals surface area contributed by atoms with Crippen LogP contribution in [0.25, 0.3) is 0 Å². The summed E-state index contributed by atoms with van der Waals surface area (Å²) in [6.45, 7) is 10.6. The van der Waals surface area contributed by atoms with Gasteiger partial charge in [0.1, 0.15) is 22.8 Å². The first-order valence-corrected chi connectivity index (χ1v) is 8.82. The topological polar surface area (TPSA) is 102 Å². The van der Waals surface area contributed by atoms with Gasteiger partial charge in [-0.25, -0.2) is 9.59 Å². The van der Waals surface area contributed by atoms with E-state index in [4.69, 9.17) is 9.47 Å². The summed E-state index contributed by atoms with van der Waals surface area (Å²) in [7, 11) is 0. The molecule has 1 aliphatic carbocycles. The van der Waals surface area contributed by atoms with E-state index >= 15 is 0 Å². The molecule has 1 N–H and O–H groups in total. The van der Waals surface area contributed by atoms with Crippen molar-refractivity contribution in [3.05, 3.63) is 0 Å². The third-order valence-electron chi connectivity index (χ3n) is 4.24. The maximum absolute atomic E-state index is 12.6. The van der Waals surface area contributed by atoms with Crippen LogP contribution in [0.1, 0.15) is 60.8 Å². The van der Waals surface area contributed by atoms with E-state index in [1.54, 1.807) is 41.5 Å². The lowest BCUT2D eigenvalue weighted by atomic mass is 9.82. The Balaban J connectivity index is 2.30. The number of rotatable bonds is 1. The van der Waals surface area contributed by atoms with Crippen molar-refractivity contribution in [2.45, 2.75) is 83.6 Å². The van der Waals surface area contributed by atoms with E-state index in [0.717, 1.165) is 0 Å². The summed E-state index contributed by atoms with van der Waals surface area (Å²) >= 11 is 0. The molecule has 0 radical (unpaired) electrons. The molecule has 1 unspecified atom stereocenters. The summed E-state index contributed by atoms with van der Waals surface area (Å²) in [4.78, 5) is 51.2. The molecule has 26 heavy (non-hydrogen) atoms. The molecule has 8 nitrogen and oxygen atoms in total. The monoisotopic (exact) mass is 368 g/mol. The van der Waals surface area contributed by atoms with Crippen molar-refractivity contribution < 1.29 is 28.7 Å². The molecule has 2 fully saturated rings. The first-order chi connectivity index (χ1) is 11.8. The van der Waals surface area contributed by atoms with E-state index in [1.165, 1.54) is 4.90 Å². The van der Waals surface area contributed by atoms with Crippen molar-refractivity contribution in [2.75, 3.05) is 6.54 Å². The molecule has 2 aliphatic rings. The van der Waals surface area contributed by atoms with Crippen LogP contribution >= 0.6 is 0 Å². The zero-order valence-corrected chi connectivity index (χ0v) is 16.3. The normalized spacial score (nSPS) is 26.4. The minimum Gasteiger partial charge on any atom is -0.444 e. The summed E-state index contributed by atoms with van der Waals surface area (Å²) < 4.78 is 10.6. The van der Waals surface area contributed by atoms with Crippen LogP contribution < -0.4 is 5.32 Å². The van der Waals surface area contributed by atoms with Crippen molar-refractivity contribution in [3.8, 4) is 0 Å². The Hall–Kier alpha value is -2.12. The first kappa shape index (κ1) is 20.2. The highest BCUT2D eigenvalue weighted by molar-refractivity contribution is 6.17. The van der Waals surface area contributed by atoms with E-state index < -0.39 is 46.5 Å². The van der Waals surface area contributed by atoms with Crippen molar-refractivity contribution in [2.24, 2.45) is 0 Å². The quantitative estimate of drug-likeness (QED) is 0.712. The Labute approximate surface area is 153 Å². The first-order valence-electron chi connectivity index (χ1n) is 8.82. The molecule has 0 aromatic carbocycles. The third-order valence-corrected chi connectivity index (χ3v) is 4.24. The van der Waals surface area contributed by atoms with E-state index in [1.807, 2.05) is 0 Å². The van der Waals surface area contributed by atoms with E-state index in [0.29, 0.717) is 6.42 Å². The Bertz CT molecular complexity index is 631. The van der Waals surface area contributed by atoms with Gasteiger partial charge in [-0.15, -0.1) is 0 Å². The van der Waals surface area contributed by atoms with E-state index in [9.17, 15) is 19.2 Å². The third kappa shape index (κ3) is 4.16. The van der Waals surface area contributed by atoms with Crippen LogP contribution in [0.4, 0.5) is 9.59 Å². The van der Waals surface area contributed by atoms with Crippen LogP contribution in [0.5, 0.6) is 0 Å². The highest BCUT2D eigenvalue weighted by atomic mass is 16.6. The average molecular weight is 368 g/mol. The number of piperidine rings is 1. The minimum absolute atomic E-state index is 0.279. The Morgan fingerprint density at radius 2 is 1.65 bits per heavy atom. The van der Waals surface area contributed by atoms with Gasteiger partial charge in [0.25, 0.3) is 0 Å². The van der Waals surface area contributed by atoms with Crippen LogP contribution in [0, 0.1) is 0 Å². The molecule has 1 saturated carbocycles. The predicted octanol–water partition coefficient (Wildman–Crippen LogP) is 2.19. The molecule has 2 rings (SSSR count). The largest absolute Gasteiger partial charge is 0.444 e. The minimum atomic E-state index is -1.45. The van der Waals surface area contributed by atoms with Crippen molar-refractivity contribution in [3.63, 3.8) is 0 Å². The van der Waals surface area contributed by atoms with Crippen LogP contribution in [0.3, 0.4) is 0 Å². The van der Waals surface area contributed by atoms with E-state index in [2.05, 4.69) is 5.32 Å². The molecule has 0 spiro atoms. The summed E-state index contributed by atoms with van der Waals surface area (Å²) in [5.74, 6) is -0.789. The number of ether oxygens (including phenoxy) is 2. The molecule has 1 saturated heterocycles. The number of Topliss-reactive ketones (excluding diaryl/α,β-unsaturated/α-hetero) is 2. The van der Waals surface area contributed by atoms with Gasteiger partial charge in [-0.05, 0) is 54.4 Å². The number of ketones is 2. The van der Waals surface area contributed by atoms with Crippen LogP contribution in [0.15, 0.2) is 0 Å². The number of fused-ring (bicyclic) bond motifs is 1. The van der Waals surface area contributed by atoms with Gasteiger partial charge >= 0.3 is 12.2 Å². The molecule has 0 aromatic rings. The predicted molar refractivity (Wildman–Crippen MR) is 92.7 cm³/mol. The molecule has 8 heteroatoms. The second-order valence-corrected chi connectivity index (χ2v) is 8.84. The number of hydrogen-bond acceptors (Lipinski definition) is 6. The number of hydrogen-bond donors (Lipinski definition) is 1. The van der Waals surface area contributed by atoms with Crippen molar-refractivity contribution in [1.29, 1.82) is 0 Å². The lowest BCUT2D eigenvalue weighted by Gasteiger charge is -2.44. The van der Waals surface area contributed by atoms with Gasteiger partial charge in [-0.1, -0.05) is 0 Å². The summed E-state index contributed by atoms with van der Waals surface area (Å²) in [6, 6.07) is -1.06. The lowest BCUT2D eigenvalue weighted by Crippen LogP contribution is -2.68. The fourth-order valence-electron chi connectivity index (χ4n) is 3.42. The standard InChI is InChI=1S/C18H28N2O6/c1-16(2,3)25-14(23)19-18-8-7-9-20(15(24)26-17(4,5)6)13(18)11(21)10-12(18)22/h13H,7-10H2,1-6H3,(H,19,23)/t13?,18-/m0/s1. The second-order valence-electron chi connectivity index (χ2n) is 8.84. The Morgan fingerprint density at radius 3 is 2.19 bits per heavy atom. The van der Waals surface area contributed by atoms with Gasteiger partial charge in [0.05, 0.1) is 6.42 Å². The number of amides is 2. The fourth-order valence-corrected chi connectivity index (χ4v) is 3.42. The number of likely N-dealkylation sites (tertiary alicyclic amines) is 1. The maximum Gasteiger partial charge on any atom is 0.411 e.